The number of carboxylic acids is 1. The van der Waals surface area contributed by atoms with E-state index in [2.05, 4.69) is 5.32 Å². The predicted octanol–water partition coefficient (Wildman–Crippen LogP) is 2.39. The number of hydrogen-bond donors (Lipinski definition) is 2. The number of aryl methyl sites for hydroxylation is 1. The van der Waals surface area contributed by atoms with E-state index >= 15 is 0 Å². The molecule has 1 unspecified atom stereocenters. The number of hydrogen-bond acceptors (Lipinski definition) is 3. The summed E-state index contributed by atoms with van der Waals surface area (Å²) in [5.41, 5.74) is 1.12. The molecule has 0 saturated carbocycles. The predicted molar refractivity (Wildman–Crippen MR) is 80.4 cm³/mol. The fourth-order valence-corrected chi connectivity index (χ4v) is 1.91. The summed E-state index contributed by atoms with van der Waals surface area (Å²) in [5.74, 6) is -0.810. The molecule has 0 bridgehead atoms. The molecular weight excluding hydrogens is 270 g/mol. The summed E-state index contributed by atoms with van der Waals surface area (Å²) < 4.78 is 5.39. The molecule has 0 aliphatic carbocycles. The van der Waals surface area contributed by atoms with Crippen LogP contribution in [0.15, 0.2) is 24.3 Å². The third-order valence-corrected chi connectivity index (χ3v) is 3.16. The van der Waals surface area contributed by atoms with Crippen molar-refractivity contribution in [2.75, 3.05) is 6.61 Å². The molecule has 0 radical (unpaired) electrons. The van der Waals surface area contributed by atoms with Gasteiger partial charge >= 0.3 is 5.97 Å². The van der Waals surface area contributed by atoms with E-state index in [1.807, 2.05) is 32.0 Å². The zero-order valence-corrected chi connectivity index (χ0v) is 12.6. The highest BCUT2D eigenvalue weighted by Crippen LogP contribution is 2.13. The number of carboxylic acid groups (broad SMARTS) is 1. The second-order valence-corrected chi connectivity index (χ2v) is 4.89. The van der Waals surface area contributed by atoms with Gasteiger partial charge in [0.05, 0.1) is 0 Å². The molecular formula is C16H23NO4. The normalized spacial score (nSPS) is 11.7. The number of aliphatic carboxylic acids is 1. The van der Waals surface area contributed by atoms with Gasteiger partial charge in [0, 0.05) is 0 Å². The van der Waals surface area contributed by atoms with Gasteiger partial charge in [0.15, 0.2) is 6.61 Å². The van der Waals surface area contributed by atoms with E-state index in [4.69, 9.17) is 9.84 Å². The van der Waals surface area contributed by atoms with E-state index in [0.29, 0.717) is 12.2 Å². The van der Waals surface area contributed by atoms with Gasteiger partial charge in [-0.3, -0.25) is 4.79 Å². The van der Waals surface area contributed by atoms with Crippen LogP contribution in [0.4, 0.5) is 0 Å². The monoisotopic (exact) mass is 293 g/mol. The minimum absolute atomic E-state index is 0.178. The lowest BCUT2D eigenvalue weighted by atomic mass is 10.1. The molecule has 21 heavy (non-hydrogen) atoms. The van der Waals surface area contributed by atoms with Crippen molar-refractivity contribution in [3.05, 3.63) is 29.8 Å². The van der Waals surface area contributed by atoms with E-state index in [0.717, 1.165) is 24.8 Å². The van der Waals surface area contributed by atoms with Crippen molar-refractivity contribution >= 4 is 11.9 Å². The molecule has 0 aromatic heterocycles. The van der Waals surface area contributed by atoms with Crippen LogP contribution in [0.5, 0.6) is 5.75 Å². The van der Waals surface area contributed by atoms with Crippen molar-refractivity contribution in [2.24, 2.45) is 0 Å². The summed E-state index contributed by atoms with van der Waals surface area (Å²) in [5, 5.41) is 11.5. The standard InChI is InChI=1S/C16H23NO4/c1-3-5-9-14(16(19)20)17-15(18)11-21-13-8-6-7-12(4-2)10-13/h6-8,10,14H,3-5,9,11H2,1-2H3,(H,17,18)(H,19,20). The largest absolute Gasteiger partial charge is 0.484 e. The fraction of sp³-hybridized carbons (Fsp3) is 0.500. The first-order chi connectivity index (χ1) is 10.1. The molecule has 0 heterocycles. The zero-order chi connectivity index (χ0) is 15.7. The van der Waals surface area contributed by atoms with Gasteiger partial charge in [0.2, 0.25) is 0 Å². The maximum atomic E-state index is 11.7. The van der Waals surface area contributed by atoms with E-state index in [9.17, 15) is 9.59 Å². The average Bonchev–Trinajstić information content (AvgIpc) is 2.49. The van der Waals surface area contributed by atoms with Crippen molar-refractivity contribution in [1.82, 2.24) is 5.32 Å². The van der Waals surface area contributed by atoms with Gasteiger partial charge in [0.1, 0.15) is 11.8 Å². The summed E-state index contributed by atoms with van der Waals surface area (Å²) >= 11 is 0. The number of rotatable bonds is 9. The van der Waals surface area contributed by atoms with Crippen LogP contribution < -0.4 is 10.1 Å². The van der Waals surface area contributed by atoms with Gasteiger partial charge in [-0.15, -0.1) is 0 Å². The average molecular weight is 293 g/mol. The van der Waals surface area contributed by atoms with Gasteiger partial charge in [0.25, 0.3) is 5.91 Å². The Bertz CT molecular complexity index is 473. The lowest BCUT2D eigenvalue weighted by Gasteiger charge is -2.14. The van der Waals surface area contributed by atoms with Crippen molar-refractivity contribution < 1.29 is 19.4 Å². The Balaban J connectivity index is 2.46. The molecule has 5 nitrogen and oxygen atoms in total. The van der Waals surface area contributed by atoms with Crippen LogP contribution in [0.2, 0.25) is 0 Å². The first-order valence-corrected chi connectivity index (χ1v) is 7.30. The van der Waals surface area contributed by atoms with E-state index < -0.39 is 17.9 Å². The second-order valence-electron chi connectivity index (χ2n) is 4.89. The van der Waals surface area contributed by atoms with Gasteiger partial charge in [-0.2, -0.15) is 0 Å². The number of ether oxygens (including phenoxy) is 1. The summed E-state index contributed by atoms with van der Waals surface area (Å²) in [6.45, 7) is 3.84. The Labute approximate surface area is 125 Å². The maximum absolute atomic E-state index is 11.7. The Morgan fingerprint density at radius 1 is 1.33 bits per heavy atom. The first-order valence-electron chi connectivity index (χ1n) is 7.30. The summed E-state index contributed by atoms with van der Waals surface area (Å²) in [7, 11) is 0. The number of unbranched alkanes of at least 4 members (excludes halogenated alkanes) is 1. The topological polar surface area (TPSA) is 75.6 Å². The quantitative estimate of drug-likeness (QED) is 0.733. The first kappa shape index (κ1) is 17.0. The number of amides is 1. The van der Waals surface area contributed by atoms with E-state index in [1.165, 1.54) is 0 Å². The highest BCUT2D eigenvalue weighted by molar-refractivity contribution is 5.84. The Kier molecular flexibility index (Phi) is 7.29. The molecule has 1 aromatic carbocycles. The zero-order valence-electron chi connectivity index (χ0n) is 12.6. The summed E-state index contributed by atoms with van der Waals surface area (Å²) in [4.78, 5) is 22.8. The Morgan fingerprint density at radius 3 is 2.71 bits per heavy atom. The number of benzene rings is 1. The van der Waals surface area contributed by atoms with Gasteiger partial charge in [-0.05, 0) is 30.5 Å². The molecule has 2 N–H and O–H groups in total. The molecule has 1 aromatic rings. The van der Waals surface area contributed by atoms with Crippen LogP contribution in [-0.4, -0.2) is 29.6 Å². The highest BCUT2D eigenvalue weighted by Gasteiger charge is 2.19. The molecule has 0 fully saturated rings. The third kappa shape index (κ3) is 6.29. The van der Waals surface area contributed by atoms with Gasteiger partial charge < -0.3 is 15.2 Å². The summed E-state index contributed by atoms with van der Waals surface area (Å²) in [6.07, 6.45) is 2.97. The van der Waals surface area contributed by atoms with E-state index in [1.54, 1.807) is 6.07 Å². The van der Waals surface area contributed by atoms with Crippen LogP contribution in [0.3, 0.4) is 0 Å². The second kappa shape index (κ2) is 9.00. The molecule has 1 atom stereocenters. The molecule has 0 aliphatic rings. The molecule has 1 amide bonds. The van der Waals surface area contributed by atoms with Crippen LogP contribution in [0.1, 0.15) is 38.7 Å². The van der Waals surface area contributed by atoms with Gasteiger partial charge in [-0.25, -0.2) is 4.79 Å². The van der Waals surface area contributed by atoms with Crippen LogP contribution in [-0.2, 0) is 16.0 Å². The minimum Gasteiger partial charge on any atom is -0.484 e. The van der Waals surface area contributed by atoms with Crippen molar-refractivity contribution in [1.29, 1.82) is 0 Å². The number of nitrogens with one attached hydrogen (secondary N) is 1. The lowest BCUT2D eigenvalue weighted by molar-refractivity contribution is -0.142. The van der Waals surface area contributed by atoms with Crippen molar-refractivity contribution in [3.8, 4) is 5.75 Å². The van der Waals surface area contributed by atoms with E-state index in [-0.39, 0.29) is 6.61 Å². The molecule has 116 valence electrons. The van der Waals surface area contributed by atoms with Crippen LogP contribution in [0, 0.1) is 0 Å². The molecule has 0 aliphatic heterocycles. The maximum Gasteiger partial charge on any atom is 0.326 e. The van der Waals surface area contributed by atoms with Crippen molar-refractivity contribution in [3.63, 3.8) is 0 Å². The van der Waals surface area contributed by atoms with Crippen LogP contribution in [0.25, 0.3) is 0 Å². The Hall–Kier alpha value is -2.04. The fourth-order valence-electron chi connectivity index (χ4n) is 1.91. The van der Waals surface area contributed by atoms with Crippen LogP contribution >= 0.6 is 0 Å². The van der Waals surface area contributed by atoms with Crippen molar-refractivity contribution in [2.45, 2.75) is 45.6 Å². The summed E-state index contributed by atoms with van der Waals surface area (Å²) in [6, 6.07) is 6.66. The molecule has 5 heteroatoms. The highest BCUT2D eigenvalue weighted by atomic mass is 16.5. The number of carbonyl (C=O) groups is 2. The molecule has 1 rings (SSSR count). The minimum atomic E-state index is -1.01. The molecule has 0 spiro atoms. The molecule has 0 saturated heterocycles. The lowest BCUT2D eigenvalue weighted by Crippen LogP contribution is -2.42. The smallest absolute Gasteiger partial charge is 0.326 e. The third-order valence-electron chi connectivity index (χ3n) is 3.16. The SMILES string of the molecule is CCCCC(NC(=O)COc1cccc(CC)c1)C(=O)O. The Morgan fingerprint density at radius 2 is 2.10 bits per heavy atom. The van der Waals surface area contributed by atoms with Gasteiger partial charge in [-0.1, -0.05) is 38.8 Å². The number of carbonyl (C=O) groups excluding carboxylic acids is 1.